The van der Waals surface area contributed by atoms with E-state index in [1.54, 1.807) is 0 Å². The maximum absolute atomic E-state index is 12.7. The number of nitrogens with two attached hydrogens (primary N) is 1. The molecular formula is C26H43N3O7. The lowest BCUT2D eigenvalue weighted by molar-refractivity contribution is -0.135. The molecule has 36 heavy (non-hydrogen) atoms. The average Bonchev–Trinajstić information content (AvgIpc) is 3.00. The number of carboxylic acids is 2. The molecule has 2 saturated heterocycles. The molecule has 2 aliphatic rings. The van der Waals surface area contributed by atoms with Gasteiger partial charge in [0.2, 0.25) is 5.91 Å². The van der Waals surface area contributed by atoms with Crippen LogP contribution in [0.1, 0.15) is 50.7 Å². The van der Waals surface area contributed by atoms with E-state index in [1.165, 1.54) is 11.1 Å². The van der Waals surface area contributed by atoms with Crippen molar-refractivity contribution in [1.29, 1.82) is 0 Å². The van der Waals surface area contributed by atoms with Gasteiger partial charge in [0.25, 0.3) is 11.9 Å². The molecule has 3 rings (SSSR count). The van der Waals surface area contributed by atoms with E-state index in [4.69, 9.17) is 35.0 Å². The van der Waals surface area contributed by atoms with Gasteiger partial charge in [0.05, 0.1) is 12.5 Å². The summed E-state index contributed by atoms with van der Waals surface area (Å²) in [5.74, 6) is -0.698. The van der Waals surface area contributed by atoms with E-state index in [1.807, 2.05) is 12.1 Å². The first-order valence-electron chi connectivity index (χ1n) is 12.4. The molecule has 5 N–H and O–H groups in total. The summed E-state index contributed by atoms with van der Waals surface area (Å²) in [4.78, 5) is 33.2. The highest BCUT2D eigenvalue weighted by atomic mass is 16.5. The summed E-state index contributed by atoms with van der Waals surface area (Å²) in [5, 5.41) is 17.9. The minimum Gasteiger partial charge on any atom is -0.492 e. The van der Waals surface area contributed by atoms with Crippen molar-refractivity contribution in [3.63, 3.8) is 0 Å². The van der Waals surface area contributed by atoms with Crippen LogP contribution in [-0.2, 0) is 19.1 Å². The third kappa shape index (κ3) is 13.4. The molecule has 0 saturated carbocycles. The van der Waals surface area contributed by atoms with E-state index >= 15 is 0 Å². The predicted molar refractivity (Wildman–Crippen MR) is 137 cm³/mol. The zero-order valence-corrected chi connectivity index (χ0v) is 22.0. The van der Waals surface area contributed by atoms with Gasteiger partial charge < -0.3 is 30.7 Å². The third-order valence-electron chi connectivity index (χ3n) is 6.04. The number of rotatable bonds is 6. The van der Waals surface area contributed by atoms with Gasteiger partial charge >= 0.3 is 0 Å². The molecule has 1 aromatic carbocycles. The third-order valence-corrected chi connectivity index (χ3v) is 6.04. The number of carbonyl (C=O) groups excluding carboxylic acids is 1. The molecule has 2 aliphatic heterocycles. The van der Waals surface area contributed by atoms with Crippen LogP contribution in [0.5, 0.6) is 5.75 Å². The van der Waals surface area contributed by atoms with Crippen LogP contribution in [-0.4, -0.2) is 84.5 Å². The summed E-state index contributed by atoms with van der Waals surface area (Å²) in [6, 6.07) is 6.70. The van der Waals surface area contributed by atoms with Gasteiger partial charge in [-0.1, -0.05) is 6.07 Å². The summed E-state index contributed by atoms with van der Waals surface area (Å²) in [6.45, 7) is 10.6. The molecule has 2 fully saturated rings. The van der Waals surface area contributed by atoms with Crippen molar-refractivity contribution >= 4 is 17.8 Å². The van der Waals surface area contributed by atoms with Crippen molar-refractivity contribution < 1.29 is 34.1 Å². The minimum absolute atomic E-state index is 0.00184. The summed E-state index contributed by atoms with van der Waals surface area (Å²) < 4.78 is 11.3. The summed E-state index contributed by atoms with van der Waals surface area (Å²) in [5.41, 5.74) is 8.74. The monoisotopic (exact) mass is 509 g/mol. The van der Waals surface area contributed by atoms with Crippen LogP contribution in [0.25, 0.3) is 0 Å². The number of nitrogens with zero attached hydrogens (tertiary/aromatic N) is 1. The highest BCUT2D eigenvalue weighted by Gasteiger charge is 2.31. The average molecular weight is 510 g/mol. The number of nitrogens with one attached hydrogen (secondary N) is 1. The Morgan fingerprint density at radius 1 is 1.03 bits per heavy atom. The van der Waals surface area contributed by atoms with E-state index in [0.717, 1.165) is 71.6 Å². The molecule has 0 aliphatic carbocycles. The van der Waals surface area contributed by atoms with Crippen molar-refractivity contribution in [1.82, 2.24) is 10.2 Å². The van der Waals surface area contributed by atoms with Crippen molar-refractivity contribution in [2.75, 3.05) is 39.5 Å². The molecule has 0 aromatic heterocycles. The van der Waals surface area contributed by atoms with Gasteiger partial charge in [-0.05, 0) is 62.8 Å². The van der Waals surface area contributed by atoms with Gasteiger partial charge in [0.15, 0.2) is 0 Å². The largest absolute Gasteiger partial charge is 0.492 e. The Labute approximate surface area is 214 Å². The number of carbonyl (C=O) groups is 3. The lowest BCUT2D eigenvalue weighted by Crippen LogP contribution is -2.47. The lowest BCUT2D eigenvalue weighted by Gasteiger charge is -2.35. The second kappa shape index (κ2) is 16.9. The molecule has 1 aromatic rings. The van der Waals surface area contributed by atoms with E-state index in [2.05, 4.69) is 30.1 Å². The van der Waals surface area contributed by atoms with Crippen LogP contribution in [0, 0.1) is 19.8 Å². The Balaban J connectivity index is 0.000000709. The van der Waals surface area contributed by atoms with Crippen LogP contribution in [0.4, 0.5) is 0 Å². The fraction of sp³-hybridized carbons (Fsp3) is 0.654. The molecule has 0 radical (unpaired) electrons. The fourth-order valence-electron chi connectivity index (χ4n) is 4.11. The zero-order valence-electron chi connectivity index (χ0n) is 22.0. The zero-order chi connectivity index (χ0) is 27.1. The number of likely N-dealkylation sites (tertiary alicyclic amines) is 1. The Morgan fingerprint density at radius 3 is 2.22 bits per heavy atom. The Morgan fingerprint density at radius 2 is 1.64 bits per heavy atom. The first-order valence-corrected chi connectivity index (χ1v) is 12.4. The quantitative estimate of drug-likeness (QED) is 0.423. The first kappa shape index (κ1) is 31.3. The summed E-state index contributed by atoms with van der Waals surface area (Å²) in [6.07, 6.45) is 3.82. The molecule has 2 heterocycles. The predicted octanol–water partition coefficient (Wildman–Crippen LogP) is 2.20. The van der Waals surface area contributed by atoms with E-state index in [-0.39, 0.29) is 17.9 Å². The van der Waals surface area contributed by atoms with Crippen LogP contribution >= 0.6 is 0 Å². The van der Waals surface area contributed by atoms with E-state index in [9.17, 15) is 4.79 Å². The van der Waals surface area contributed by atoms with E-state index in [0.29, 0.717) is 19.2 Å². The summed E-state index contributed by atoms with van der Waals surface area (Å²) in [7, 11) is 0. The summed E-state index contributed by atoms with van der Waals surface area (Å²) >= 11 is 0. The number of amides is 1. The van der Waals surface area contributed by atoms with Crippen LogP contribution < -0.4 is 15.8 Å². The number of hydrogen-bond donors (Lipinski definition) is 4. The Bertz CT molecular complexity index is 808. The normalized spacial score (nSPS) is 20.5. The van der Waals surface area contributed by atoms with Gasteiger partial charge in [-0.15, -0.1) is 0 Å². The standard InChI is InChI=1S/C22H35N3O3.2C2H4O2/c1-16-3-6-21(13-17(16)2)28-12-9-24-22(26)18-4-5-19(23)15-25(14-18)20-7-10-27-11-8-20;2*1-2(3)4/h3,6,13,18-20H,4-5,7-12,14-15,23H2,1-2H3,(H,24,26);2*1H3,(H,3,4)/t18-,19+;;/m1../s1. The molecule has 204 valence electrons. The Kier molecular flexibility index (Phi) is 14.7. The smallest absolute Gasteiger partial charge is 0.300 e. The second-order valence-corrected chi connectivity index (χ2v) is 9.26. The molecule has 10 nitrogen and oxygen atoms in total. The molecule has 10 heteroatoms. The maximum Gasteiger partial charge on any atom is 0.300 e. The molecule has 0 bridgehead atoms. The highest BCUT2D eigenvalue weighted by molar-refractivity contribution is 5.78. The van der Waals surface area contributed by atoms with Gasteiger partial charge in [-0.25, -0.2) is 0 Å². The second-order valence-electron chi connectivity index (χ2n) is 9.26. The number of aryl methyl sites for hydroxylation is 2. The molecular weight excluding hydrogens is 466 g/mol. The van der Waals surface area contributed by atoms with Gasteiger partial charge in [-0.3, -0.25) is 19.3 Å². The SMILES string of the molecule is CC(=O)O.CC(=O)O.Cc1ccc(OCCNC(=O)[C@@H]2CC[C@H](N)CN(C3CCOCC3)C2)cc1C. The number of ether oxygens (including phenoxy) is 2. The van der Waals surface area contributed by atoms with E-state index < -0.39 is 11.9 Å². The Hall–Kier alpha value is -2.69. The topological polar surface area (TPSA) is 151 Å². The first-order chi connectivity index (χ1) is 17.0. The molecule has 1 amide bonds. The number of hydrogen-bond acceptors (Lipinski definition) is 7. The van der Waals surface area contributed by atoms with Crippen LogP contribution in [0.15, 0.2) is 18.2 Å². The van der Waals surface area contributed by atoms with Crippen molar-refractivity contribution in [3.05, 3.63) is 29.3 Å². The molecule has 2 atom stereocenters. The maximum atomic E-state index is 12.7. The van der Waals surface area contributed by atoms with Crippen molar-refractivity contribution in [2.45, 2.75) is 65.5 Å². The van der Waals surface area contributed by atoms with Crippen molar-refractivity contribution in [2.24, 2.45) is 11.7 Å². The number of benzene rings is 1. The van der Waals surface area contributed by atoms with Gasteiger partial charge in [0, 0.05) is 52.2 Å². The van der Waals surface area contributed by atoms with Crippen LogP contribution in [0.3, 0.4) is 0 Å². The highest BCUT2D eigenvalue weighted by Crippen LogP contribution is 2.22. The fourth-order valence-corrected chi connectivity index (χ4v) is 4.11. The number of carboxylic acid groups (broad SMARTS) is 2. The number of aliphatic carboxylic acids is 2. The minimum atomic E-state index is -0.833. The van der Waals surface area contributed by atoms with Gasteiger partial charge in [-0.2, -0.15) is 0 Å². The van der Waals surface area contributed by atoms with Crippen molar-refractivity contribution in [3.8, 4) is 5.75 Å². The molecule has 0 spiro atoms. The van der Waals surface area contributed by atoms with Crippen LogP contribution in [0.2, 0.25) is 0 Å². The molecule has 0 unspecified atom stereocenters. The van der Waals surface area contributed by atoms with Gasteiger partial charge in [0.1, 0.15) is 12.4 Å². The lowest BCUT2D eigenvalue weighted by atomic mass is 10.0.